The minimum atomic E-state index is -0.616. The first-order chi connectivity index (χ1) is 18.2. The maximum atomic E-state index is 13.1. The van der Waals surface area contributed by atoms with Gasteiger partial charge in [-0.1, -0.05) is 54.6 Å². The van der Waals surface area contributed by atoms with E-state index in [1.165, 1.54) is 0 Å². The van der Waals surface area contributed by atoms with Gasteiger partial charge in [-0.3, -0.25) is 4.79 Å². The Kier molecular flexibility index (Phi) is 7.81. The van der Waals surface area contributed by atoms with Gasteiger partial charge in [0.15, 0.2) is 0 Å². The number of hydrogen-bond donors (Lipinski definition) is 0. The van der Waals surface area contributed by atoms with Crippen molar-refractivity contribution in [3.05, 3.63) is 71.3 Å². The van der Waals surface area contributed by atoms with Crippen LogP contribution < -0.4 is 18.9 Å². The predicted molar refractivity (Wildman–Crippen MR) is 153 cm³/mol. The molecule has 4 rings (SSSR count). The van der Waals surface area contributed by atoms with E-state index in [2.05, 4.69) is 0 Å². The van der Waals surface area contributed by atoms with Gasteiger partial charge >= 0.3 is 5.97 Å². The topological polar surface area (TPSA) is 63.2 Å². The molecule has 0 bridgehead atoms. The molecule has 0 radical (unpaired) electrons. The molecule has 0 spiro atoms. The molecule has 0 fully saturated rings. The van der Waals surface area contributed by atoms with Crippen molar-refractivity contribution < 1.29 is 28.5 Å². The van der Waals surface area contributed by atoms with Gasteiger partial charge in [0.05, 0.1) is 45.6 Å². The van der Waals surface area contributed by atoms with E-state index in [4.69, 9.17) is 23.7 Å². The van der Waals surface area contributed by atoms with Gasteiger partial charge < -0.3 is 23.7 Å². The van der Waals surface area contributed by atoms with Crippen LogP contribution in [0.2, 0.25) is 0 Å². The van der Waals surface area contributed by atoms with Crippen LogP contribution in [-0.4, -0.2) is 40.0 Å². The summed E-state index contributed by atoms with van der Waals surface area (Å²) in [5.74, 6) is 2.08. The van der Waals surface area contributed by atoms with Crippen molar-refractivity contribution in [2.24, 2.45) is 0 Å². The molecule has 0 N–H and O–H groups in total. The van der Waals surface area contributed by atoms with Crippen LogP contribution in [0.25, 0.3) is 33.7 Å². The Morgan fingerprint density at radius 1 is 0.737 bits per heavy atom. The van der Waals surface area contributed by atoms with Crippen LogP contribution in [0.4, 0.5) is 0 Å². The fourth-order valence-corrected chi connectivity index (χ4v) is 4.77. The van der Waals surface area contributed by atoms with Crippen LogP contribution >= 0.6 is 0 Å². The number of benzene rings is 4. The van der Waals surface area contributed by atoms with E-state index < -0.39 is 5.60 Å². The zero-order chi connectivity index (χ0) is 27.4. The Morgan fingerprint density at radius 2 is 1.39 bits per heavy atom. The van der Waals surface area contributed by atoms with Crippen molar-refractivity contribution in [1.82, 2.24) is 0 Å². The Morgan fingerprint density at radius 3 is 2.00 bits per heavy atom. The lowest BCUT2D eigenvalue weighted by Crippen LogP contribution is -2.25. The number of hydrogen-bond acceptors (Lipinski definition) is 6. The highest BCUT2D eigenvalue weighted by atomic mass is 16.6. The van der Waals surface area contributed by atoms with Crippen LogP contribution in [0.5, 0.6) is 23.0 Å². The minimum Gasteiger partial charge on any atom is -0.496 e. The summed E-state index contributed by atoms with van der Waals surface area (Å²) >= 11 is 0. The number of ether oxygens (including phenoxy) is 5. The molecule has 0 unspecified atom stereocenters. The third-order valence-corrected chi connectivity index (χ3v) is 6.22. The lowest BCUT2D eigenvalue weighted by atomic mass is 9.92. The Balaban J connectivity index is 2.10. The second-order valence-corrected chi connectivity index (χ2v) is 9.86. The van der Waals surface area contributed by atoms with E-state index in [0.29, 0.717) is 33.9 Å². The average molecular weight is 515 g/mol. The molecule has 6 heteroatoms. The van der Waals surface area contributed by atoms with E-state index in [-0.39, 0.29) is 12.4 Å². The number of fused-ring (bicyclic) bond motifs is 2. The molecular formula is C32H34O6. The number of esters is 1. The summed E-state index contributed by atoms with van der Waals surface area (Å²) < 4.78 is 29.3. The molecule has 0 saturated heterocycles. The molecule has 0 aliphatic carbocycles. The predicted octanol–water partition coefficient (Wildman–Crippen LogP) is 7.08. The largest absolute Gasteiger partial charge is 0.496 e. The van der Waals surface area contributed by atoms with Gasteiger partial charge in [0.1, 0.15) is 28.6 Å². The third kappa shape index (κ3) is 5.25. The minimum absolute atomic E-state index is 0.0203. The molecule has 0 saturated carbocycles. The standard InChI is InChI=1S/C32H34O6/c1-32(2,3)38-26(33)19-23-21(17-16-20-12-9-8-10-13-20)18-24-28(30(23)36-6)29(35-5)22-14-11-15-25(34-4)27(22)31(24)37-7/h8-18H,19H2,1-7H3/b17-16+. The first-order valence-electron chi connectivity index (χ1n) is 12.4. The highest BCUT2D eigenvalue weighted by Crippen LogP contribution is 2.51. The number of methoxy groups -OCH3 is 4. The SMILES string of the molecule is COc1cccc2c(OC)c3c(OC)c(CC(=O)OC(C)(C)C)c(/C=C/c4ccccc4)cc3c(OC)c12. The van der Waals surface area contributed by atoms with Crippen molar-refractivity contribution >= 4 is 39.7 Å². The van der Waals surface area contributed by atoms with Crippen molar-refractivity contribution in [2.45, 2.75) is 32.8 Å². The molecular weight excluding hydrogens is 480 g/mol. The lowest BCUT2D eigenvalue weighted by Gasteiger charge is -2.23. The smallest absolute Gasteiger partial charge is 0.310 e. The summed E-state index contributed by atoms with van der Waals surface area (Å²) in [7, 11) is 6.48. The van der Waals surface area contributed by atoms with E-state index in [1.54, 1.807) is 28.4 Å². The van der Waals surface area contributed by atoms with Crippen LogP contribution in [0, 0.1) is 0 Å². The fraction of sp³-hybridized carbons (Fsp3) is 0.281. The summed E-state index contributed by atoms with van der Waals surface area (Å²) in [6, 6.07) is 17.7. The Hall–Kier alpha value is -4.19. The van der Waals surface area contributed by atoms with Gasteiger partial charge in [-0.2, -0.15) is 0 Å². The van der Waals surface area contributed by atoms with Crippen molar-refractivity contribution in [3.63, 3.8) is 0 Å². The number of rotatable bonds is 8. The van der Waals surface area contributed by atoms with E-state index in [0.717, 1.165) is 27.3 Å². The molecule has 4 aromatic rings. The Labute approximate surface area is 223 Å². The summed E-state index contributed by atoms with van der Waals surface area (Å²) in [5.41, 5.74) is 1.91. The first-order valence-corrected chi connectivity index (χ1v) is 12.4. The van der Waals surface area contributed by atoms with Gasteiger partial charge in [0, 0.05) is 16.3 Å². The molecule has 0 aromatic heterocycles. The van der Waals surface area contributed by atoms with Gasteiger partial charge in [-0.25, -0.2) is 0 Å². The molecule has 4 aromatic carbocycles. The van der Waals surface area contributed by atoms with E-state index >= 15 is 0 Å². The van der Waals surface area contributed by atoms with Crippen molar-refractivity contribution in [1.29, 1.82) is 0 Å². The van der Waals surface area contributed by atoms with Gasteiger partial charge in [-0.05, 0) is 44.0 Å². The highest BCUT2D eigenvalue weighted by molar-refractivity contribution is 6.16. The maximum absolute atomic E-state index is 13.1. The highest BCUT2D eigenvalue weighted by Gasteiger charge is 2.27. The van der Waals surface area contributed by atoms with Crippen LogP contribution in [-0.2, 0) is 16.0 Å². The molecule has 0 amide bonds. The average Bonchev–Trinajstić information content (AvgIpc) is 2.89. The second kappa shape index (κ2) is 11.1. The summed E-state index contributed by atoms with van der Waals surface area (Å²) in [6.07, 6.45) is 4.01. The fourth-order valence-electron chi connectivity index (χ4n) is 4.77. The summed E-state index contributed by atoms with van der Waals surface area (Å²) in [4.78, 5) is 13.1. The molecule has 198 valence electrons. The second-order valence-electron chi connectivity index (χ2n) is 9.86. The normalized spacial score (nSPS) is 11.7. The monoisotopic (exact) mass is 514 g/mol. The zero-order valence-electron chi connectivity index (χ0n) is 23.0. The van der Waals surface area contributed by atoms with Gasteiger partial charge in [0.2, 0.25) is 0 Å². The first kappa shape index (κ1) is 26.9. The Bertz CT molecular complexity index is 1500. The number of carbonyl (C=O) groups excluding carboxylic acids is 1. The summed E-state index contributed by atoms with van der Waals surface area (Å²) in [6.45, 7) is 5.56. The number of carbonyl (C=O) groups is 1. The van der Waals surface area contributed by atoms with E-state index in [9.17, 15) is 4.79 Å². The third-order valence-electron chi connectivity index (χ3n) is 6.22. The zero-order valence-corrected chi connectivity index (χ0v) is 23.0. The maximum Gasteiger partial charge on any atom is 0.310 e. The van der Waals surface area contributed by atoms with Crippen molar-refractivity contribution in [2.75, 3.05) is 28.4 Å². The van der Waals surface area contributed by atoms with Gasteiger partial charge in [0.25, 0.3) is 0 Å². The van der Waals surface area contributed by atoms with Crippen molar-refractivity contribution in [3.8, 4) is 23.0 Å². The molecule has 6 nitrogen and oxygen atoms in total. The van der Waals surface area contributed by atoms with E-state index in [1.807, 2.05) is 87.5 Å². The molecule has 38 heavy (non-hydrogen) atoms. The molecule has 0 atom stereocenters. The summed E-state index contributed by atoms with van der Waals surface area (Å²) in [5, 5.41) is 3.09. The molecule has 0 heterocycles. The quantitative estimate of drug-likeness (QED) is 0.142. The lowest BCUT2D eigenvalue weighted by molar-refractivity contribution is -0.153. The van der Waals surface area contributed by atoms with Crippen LogP contribution in [0.15, 0.2) is 54.6 Å². The van der Waals surface area contributed by atoms with Crippen LogP contribution in [0.3, 0.4) is 0 Å². The molecule has 0 aliphatic heterocycles. The molecule has 0 aliphatic rings. The van der Waals surface area contributed by atoms with Gasteiger partial charge in [-0.15, -0.1) is 0 Å². The van der Waals surface area contributed by atoms with Crippen LogP contribution in [0.1, 0.15) is 37.5 Å².